The largest absolute Gasteiger partial charge is 0.317 e. The Kier molecular flexibility index (Phi) is 4.23. The molecule has 3 atom stereocenters. The van der Waals surface area contributed by atoms with Gasteiger partial charge in [-0.1, -0.05) is 30.3 Å². The number of benzene rings is 1. The van der Waals surface area contributed by atoms with Crippen molar-refractivity contribution >= 4 is 0 Å². The van der Waals surface area contributed by atoms with E-state index in [0.29, 0.717) is 6.04 Å². The van der Waals surface area contributed by atoms with Gasteiger partial charge in [-0.2, -0.15) is 0 Å². The number of hydrogen-bond donors (Lipinski definition) is 1. The number of nitrogens with one attached hydrogen (secondary N) is 1. The molecule has 0 heterocycles. The van der Waals surface area contributed by atoms with E-state index in [1.54, 1.807) is 0 Å². The minimum atomic E-state index is 0.626. The summed E-state index contributed by atoms with van der Waals surface area (Å²) in [5.41, 5.74) is 1.50. The fourth-order valence-corrected chi connectivity index (χ4v) is 2.67. The summed E-state index contributed by atoms with van der Waals surface area (Å²) >= 11 is 0. The number of hydrogen-bond acceptors (Lipinski definition) is 1. The zero-order valence-electron chi connectivity index (χ0n) is 10.7. The van der Waals surface area contributed by atoms with Gasteiger partial charge in [0.1, 0.15) is 0 Å². The summed E-state index contributed by atoms with van der Waals surface area (Å²) < 4.78 is 0. The van der Waals surface area contributed by atoms with Crippen molar-refractivity contribution in [1.29, 1.82) is 0 Å². The van der Waals surface area contributed by atoms with Gasteiger partial charge in [-0.05, 0) is 44.2 Å². The predicted octanol–water partition coefficient (Wildman–Crippen LogP) is 3.18. The van der Waals surface area contributed by atoms with Crippen molar-refractivity contribution in [2.75, 3.05) is 7.05 Å². The van der Waals surface area contributed by atoms with Crippen molar-refractivity contribution in [1.82, 2.24) is 5.32 Å². The Morgan fingerprint density at radius 1 is 1.35 bits per heavy atom. The molecule has 0 saturated heterocycles. The molecular formula is C16H21N. The topological polar surface area (TPSA) is 12.0 Å². The maximum Gasteiger partial charge on any atom is 0.0107 e. The van der Waals surface area contributed by atoms with E-state index >= 15 is 0 Å². The smallest absolute Gasteiger partial charge is 0.0107 e. The highest BCUT2D eigenvalue weighted by Gasteiger charge is 2.42. The summed E-state index contributed by atoms with van der Waals surface area (Å²) in [4.78, 5) is 0. The van der Waals surface area contributed by atoms with E-state index in [4.69, 9.17) is 0 Å². The summed E-state index contributed by atoms with van der Waals surface area (Å²) in [6, 6.07) is 11.5. The van der Waals surface area contributed by atoms with Crippen LogP contribution >= 0.6 is 0 Å². The van der Waals surface area contributed by atoms with Crippen molar-refractivity contribution in [2.45, 2.75) is 38.1 Å². The highest BCUT2D eigenvalue weighted by molar-refractivity contribution is 5.26. The minimum Gasteiger partial charge on any atom is -0.317 e. The number of rotatable bonds is 5. The average Bonchev–Trinajstić information content (AvgIpc) is 3.16. The third-order valence-electron chi connectivity index (χ3n) is 3.71. The molecule has 1 fully saturated rings. The SMILES string of the molecule is CC#CCCC(NC)C1CC1c1ccccc1. The molecule has 0 bridgehead atoms. The van der Waals surface area contributed by atoms with Gasteiger partial charge in [-0.3, -0.25) is 0 Å². The van der Waals surface area contributed by atoms with Crippen LogP contribution in [0.2, 0.25) is 0 Å². The van der Waals surface area contributed by atoms with E-state index < -0.39 is 0 Å². The lowest BCUT2D eigenvalue weighted by Gasteiger charge is -2.14. The first-order chi connectivity index (χ1) is 8.36. The molecule has 1 aromatic carbocycles. The monoisotopic (exact) mass is 227 g/mol. The van der Waals surface area contributed by atoms with Gasteiger partial charge in [0.15, 0.2) is 0 Å². The van der Waals surface area contributed by atoms with Gasteiger partial charge in [0.25, 0.3) is 0 Å². The van der Waals surface area contributed by atoms with Gasteiger partial charge in [0, 0.05) is 12.5 Å². The van der Waals surface area contributed by atoms with E-state index in [1.165, 1.54) is 18.4 Å². The molecule has 0 amide bonds. The van der Waals surface area contributed by atoms with Gasteiger partial charge in [-0.15, -0.1) is 11.8 Å². The van der Waals surface area contributed by atoms with Crippen LogP contribution in [0, 0.1) is 17.8 Å². The first-order valence-corrected chi connectivity index (χ1v) is 6.48. The summed E-state index contributed by atoms with van der Waals surface area (Å²) in [5.74, 6) is 7.71. The van der Waals surface area contributed by atoms with Crippen LogP contribution in [0.4, 0.5) is 0 Å². The van der Waals surface area contributed by atoms with Gasteiger partial charge in [0.2, 0.25) is 0 Å². The Hall–Kier alpha value is -1.26. The first kappa shape index (κ1) is 12.2. The fraction of sp³-hybridized carbons (Fsp3) is 0.500. The lowest BCUT2D eigenvalue weighted by atomic mass is 10.0. The van der Waals surface area contributed by atoms with E-state index in [2.05, 4.69) is 54.5 Å². The molecule has 1 saturated carbocycles. The predicted molar refractivity (Wildman–Crippen MR) is 72.8 cm³/mol. The van der Waals surface area contributed by atoms with Crippen molar-refractivity contribution in [3.05, 3.63) is 35.9 Å². The molecule has 1 heteroatoms. The maximum atomic E-state index is 3.45. The molecule has 1 aliphatic carbocycles. The summed E-state index contributed by atoms with van der Waals surface area (Å²) in [7, 11) is 2.07. The molecule has 0 aromatic heterocycles. The van der Waals surface area contributed by atoms with Gasteiger partial charge in [0.05, 0.1) is 0 Å². The van der Waals surface area contributed by atoms with Crippen LogP contribution in [-0.2, 0) is 0 Å². The Labute approximate surface area is 105 Å². The molecule has 2 rings (SSSR count). The minimum absolute atomic E-state index is 0.626. The van der Waals surface area contributed by atoms with Crippen molar-refractivity contribution < 1.29 is 0 Å². The third-order valence-corrected chi connectivity index (χ3v) is 3.71. The average molecular weight is 227 g/mol. The fourth-order valence-electron chi connectivity index (χ4n) is 2.67. The Balaban J connectivity index is 1.89. The quantitative estimate of drug-likeness (QED) is 0.762. The Morgan fingerprint density at radius 3 is 2.76 bits per heavy atom. The standard InChI is InChI=1S/C16H21N/c1-3-4-6-11-16(17-2)15-12-14(15)13-9-7-5-8-10-13/h5,7-10,14-17H,6,11-12H2,1-2H3. The second kappa shape index (κ2) is 5.89. The lowest BCUT2D eigenvalue weighted by molar-refractivity contribution is 0.468. The summed E-state index contributed by atoms with van der Waals surface area (Å²) in [6.07, 6.45) is 3.51. The van der Waals surface area contributed by atoms with Crippen LogP contribution < -0.4 is 5.32 Å². The maximum absolute atomic E-state index is 3.45. The van der Waals surface area contributed by atoms with Crippen LogP contribution in [0.15, 0.2) is 30.3 Å². The zero-order chi connectivity index (χ0) is 12.1. The normalized spacial score (nSPS) is 23.6. The van der Waals surface area contributed by atoms with Crippen molar-refractivity contribution in [3.63, 3.8) is 0 Å². The molecule has 1 N–H and O–H groups in total. The Bertz CT molecular complexity index is 399. The van der Waals surface area contributed by atoms with Gasteiger partial charge < -0.3 is 5.32 Å². The molecule has 17 heavy (non-hydrogen) atoms. The molecule has 90 valence electrons. The molecule has 0 radical (unpaired) electrons. The zero-order valence-corrected chi connectivity index (χ0v) is 10.7. The molecule has 0 spiro atoms. The van der Waals surface area contributed by atoms with Crippen molar-refractivity contribution in [3.8, 4) is 11.8 Å². The molecule has 1 aliphatic rings. The van der Waals surface area contributed by atoms with Crippen LogP contribution in [0.3, 0.4) is 0 Å². The molecule has 1 aromatic rings. The van der Waals surface area contributed by atoms with E-state index in [-0.39, 0.29) is 0 Å². The van der Waals surface area contributed by atoms with Gasteiger partial charge in [-0.25, -0.2) is 0 Å². The molecule has 3 unspecified atom stereocenters. The summed E-state index contributed by atoms with van der Waals surface area (Å²) in [6.45, 7) is 1.91. The highest BCUT2D eigenvalue weighted by atomic mass is 14.9. The van der Waals surface area contributed by atoms with E-state index in [1.807, 2.05) is 6.92 Å². The van der Waals surface area contributed by atoms with Crippen molar-refractivity contribution in [2.24, 2.45) is 5.92 Å². The van der Waals surface area contributed by atoms with Crippen LogP contribution in [-0.4, -0.2) is 13.1 Å². The van der Waals surface area contributed by atoms with Crippen LogP contribution in [0.5, 0.6) is 0 Å². The lowest BCUT2D eigenvalue weighted by Crippen LogP contribution is -2.27. The second-order valence-corrected chi connectivity index (χ2v) is 4.78. The third kappa shape index (κ3) is 3.11. The molecular weight excluding hydrogens is 206 g/mol. The van der Waals surface area contributed by atoms with Gasteiger partial charge >= 0.3 is 0 Å². The molecule has 0 aliphatic heterocycles. The van der Waals surface area contributed by atoms with Crippen LogP contribution in [0.25, 0.3) is 0 Å². The Morgan fingerprint density at radius 2 is 2.12 bits per heavy atom. The summed E-state index contributed by atoms with van der Waals surface area (Å²) in [5, 5.41) is 3.45. The highest BCUT2D eigenvalue weighted by Crippen LogP contribution is 2.50. The van der Waals surface area contributed by atoms with Crippen LogP contribution in [0.1, 0.15) is 37.7 Å². The van der Waals surface area contributed by atoms with E-state index in [9.17, 15) is 0 Å². The van der Waals surface area contributed by atoms with E-state index in [0.717, 1.165) is 18.3 Å². The molecule has 1 nitrogen and oxygen atoms in total. The second-order valence-electron chi connectivity index (χ2n) is 4.78. The first-order valence-electron chi connectivity index (χ1n) is 6.48.